The molecule has 8 heavy (non-hydrogen) atoms. The summed E-state index contributed by atoms with van der Waals surface area (Å²) < 4.78 is 0.780. The van der Waals surface area contributed by atoms with Gasteiger partial charge in [0.25, 0.3) is 0 Å². The third-order valence-electron chi connectivity index (χ3n) is 0.681. The molecule has 0 saturated heterocycles. The molecule has 2 radical (unpaired) electrons. The van der Waals surface area contributed by atoms with E-state index in [-0.39, 0.29) is 37.7 Å². The topological polar surface area (TPSA) is 15.8 Å². The van der Waals surface area contributed by atoms with E-state index in [1.54, 1.807) is 0 Å². The van der Waals surface area contributed by atoms with Gasteiger partial charge in [0.05, 0.1) is 0 Å². The molecule has 1 aromatic rings. The zero-order valence-electron chi connectivity index (χ0n) is 4.42. The normalized spacial score (nSPS) is 7.50. The summed E-state index contributed by atoms with van der Waals surface area (Å²) in [4.78, 5) is 2.85. The number of nitrogens with one attached hydrogen (secondary N) is 1. The van der Waals surface area contributed by atoms with Gasteiger partial charge in [-0.1, -0.05) is 18.3 Å². The van der Waals surface area contributed by atoms with Crippen LogP contribution in [-0.2, 0) is 0 Å². The Morgan fingerprint density at radius 1 is 1.38 bits per heavy atom. The van der Waals surface area contributed by atoms with E-state index in [0.29, 0.717) is 0 Å². The first-order valence-electron chi connectivity index (χ1n) is 2.03. The molecule has 0 spiro atoms. The number of H-pyrrole nitrogens is 1. The molecule has 1 nitrogen and oxygen atoms in total. The predicted octanol–water partition coefficient (Wildman–Crippen LogP) is 1.36. The van der Waals surface area contributed by atoms with Gasteiger partial charge < -0.3 is 4.98 Å². The molecule has 1 rings (SSSR count). The number of aromatic nitrogens is 1. The Morgan fingerprint density at radius 3 is 2.38 bits per heavy atom. The Balaban J connectivity index is 0.000000490. The Hall–Kier alpha value is 0.630. The van der Waals surface area contributed by atoms with Gasteiger partial charge in [-0.2, -0.15) is 0 Å². The molecule has 3 heteroatoms. The zero-order chi connectivity index (χ0) is 5.11. The standard InChI is InChI=1S/C5H5NS.Ca/c7-5-3-1-2-4-6-5;/h1-4H,(H,6,7);. The molecular formula is C5H5CaNS. The zero-order valence-corrected chi connectivity index (χ0v) is 7.45. The Labute approximate surface area is 83.1 Å². The van der Waals surface area contributed by atoms with Gasteiger partial charge in [0, 0.05) is 43.9 Å². The van der Waals surface area contributed by atoms with E-state index >= 15 is 0 Å². The van der Waals surface area contributed by atoms with Crippen LogP contribution in [0.1, 0.15) is 0 Å². The fourth-order valence-corrected chi connectivity index (χ4v) is 0.523. The van der Waals surface area contributed by atoms with Crippen LogP contribution in [0.25, 0.3) is 0 Å². The van der Waals surface area contributed by atoms with Gasteiger partial charge in [-0.25, -0.2) is 0 Å². The summed E-state index contributed by atoms with van der Waals surface area (Å²) in [7, 11) is 0. The maximum absolute atomic E-state index is 4.76. The summed E-state index contributed by atoms with van der Waals surface area (Å²) in [5.41, 5.74) is 0. The van der Waals surface area contributed by atoms with E-state index in [0.717, 1.165) is 4.64 Å². The molecule has 38 valence electrons. The second kappa shape index (κ2) is 4.50. The molecule has 0 aliphatic carbocycles. The second-order valence-corrected chi connectivity index (χ2v) is 1.67. The quantitative estimate of drug-likeness (QED) is 0.437. The van der Waals surface area contributed by atoms with Crippen molar-refractivity contribution in [2.24, 2.45) is 0 Å². The van der Waals surface area contributed by atoms with Crippen LogP contribution in [0.4, 0.5) is 0 Å². The van der Waals surface area contributed by atoms with E-state index in [2.05, 4.69) is 4.98 Å². The summed E-state index contributed by atoms with van der Waals surface area (Å²) in [5, 5.41) is 0. The molecule has 1 N–H and O–H groups in total. The van der Waals surface area contributed by atoms with E-state index in [1.165, 1.54) is 0 Å². The van der Waals surface area contributed by atoms with Crippen molar-refractivity contribution >= 4 is 50.0 Å². The van der Waals surface area contributed by atoms with E-state index in [4.69, 9.17) is 12.2 Å². The maximum atomic E-state index is 4.76. The minimum Gasteiger partial charge on any atom is -0.353 e. The SMILES string of the molecule is S=c1cccc[nH]1.[Ca]. The van der Waals surface area contributed by atoms with E-state index < -0.39 is 0 Å². The maximum Gasteiger partial charge on any atom is 0.103 e. The van der Waals surface area contributed by atoms with Crippen LogP contribution in [0.2, 0.25) is 0 Å². The van der Waals surface area contributed by atoms with Crippen LogP contribution < -0.4 is 0 Å². The van der Waals surface area contributed by atoms with Gasteiger partial charge in [-0.3, -0.25) is 0 Å². The van der Waals surface area contributed by atoms with Crippen LogP contribution in [-0.4, -0.2) is 42.7 Å². The monoisotopic (exact) mass is 151 g/mol. The second-order valence-electron chi connectivity index (χ2n) is 1.23. The van der Waals surface area contributed by atoms with Crippen LogP contribution in [0.3, 0.4) is 0 Å². The molecule has 0 fully saturated rings. The van der Waals surface area contributed by atoms with Crippen LogP contribution in [0, 0.1) is 4.64 Å². The number of hydrogen-bond donors (Lipinski definition) is 1. The number of pyridine rings is 1. The number of hydrogen-bond acceptors (Lipinski definition) is 1. The average molecular weight is 151 g/mol. The van der Waals surface area contributed by atoms with Gasteiger partial charge in [0.2, 0.25) is 0 Å². The van der Waals surface area contributed by atoms with Crippen molar-refractivity contribution in [2.45, 2.75) is 0 Å². The first-order valence-corrected chi connectivity index (χ1v) is 2.44. The van der Waals surface area contributed by atoms with Crippen molar-refractivity contribution < 1.29 is 0 Å². The van der Waals surface area contributed by atoms with Gasteiger partial charge in [0.15, 0.2) is 0 Å². The molecule has 0 bridgehead atoms. The van der Waals surface area contributed by atoms with Gasteiger partial charge in [0.1, 0.15) is 4.64 Å². The Bertz CT molecular complexity index is 178. The molecule has 0 aromatic carbocycles. The van der Waals surface area contributed by atoms with Crippen molar-refractivity contribution in [3.63, 3.8) is 0 Å². The predicted molar refractivity (Wildman–Crippen MR) is 37.4 cm³/mol. The summed E-state index contributed by atoms with van der Waals surface area (Å²) in [6.45, 7) is 0. The summed E-state index contributed by atoms with van der Waals surface area (Å²) in [6, 6.07) is 5.64. The minimum atomic E-state index is 0. The first-order chi connectivity index (χ1) is 3.39. The summed E-state index contributed by atoms with van der Waals surface area (Å²) in [6.07, 6.45) is 1.81. The smallest absolute Gasteiger partial charge is 0.103 e. The Morgan fingerprint density at radius 2 is 2.12 bits per heavy atom. The van der Waals surface area contributed by atoms with Crippen LogP contribution in [0.5, 0.6) is 0 Å². The van der Waals surface area contributed by atoms with Gasteiger partial charge >= 0.3 is 0 Å². The molecule has 0 amide bonds. The molecule has 1 heterocycles. The van der Waals surface area contributed by atoms with Crippen molar-refractivity contribution in [2.75, 3.05) is 0 Å². The largest absolute Gasteiger partial charge is 0.353 e. The van der Waals surface area contributed by atoms with Crippen LogP contribution >= 0.6 is 12.2 Å². The first kappa shape index (κ1) is 8.63. The van der Waals surface area contributed by atoms with Crippen molar-refractivity contribution in [3.8, 4) is 0 Å². The van der Waals surface area contributed by atoms with E-state index in [1.807, 2.05) is 24.4 Å². The molecule has 0 aliphatic rings. The minimum absolute atomic E-state index is 0. The van der Waals surface area contributed by atoms with Gasteiger partial charge in [-0.15, -0.1) is 0 Å². The average Bonchev–Trinajstić information content (AvgIpc) is 1.69. The third kappa shape index (κ3) is 2.82. The molecule has 1 aromatic heterocycles. The molecular weight excluding hydrogens is 146 g/mol. The number of rotatable bonds is 0. The summed E-state index contributed by atoms with van der Waals surface area (Å²) >= 11 is 4.76. The summed E-state index contributed by atoms with van der Waals surface area (Å²) in [5.74, 6) is 0. The molecule has 0 saturated carbocycles. The fourth-order valence-electron chi connectivity index (χ4n) is 0.377. The molecule has 0 aliphatic heterocycles. The van der Waals surface area contributed by atoms with E-state index in [9.17, 15) is 0 Å². The molecule has 0 atom stereocenters. The molecule has 0 unspecified atom stereocenters. The number of aromatic amines is 1. The van der Waals surface area contributed by atoms with Crippen molar-refractivity contribution in [3.05, 3.63) is 29.0 Å². The van der Waals surface area contributed by atoms with Crippen molar-refractivity contribution in [1.82, 2.24) is 4.98 Å². The Kier molecular flexibility index (Phi) is 4.86. The van der Waals surface area contributed by atoms with Gasteiger partial charge in [-0.05, 0) is 12.1 Å². The third-order valence-corrected chi connectivity index (χ3v) is 0.934. The fraction of sp³-hybridized carbons (Fsp3) is 0. The van der Waals surface area contributed by atoms with Crippen molar-refractivity contribution in [1.29, 1.82) is 0 Å². The van der Waals surface area contributed by atoms with Crippen LogP contribution in [0.15, 0.2) is 24.4 Å².